The molecule has 7 N–H and O–H groups in total. The van der Waals surface area contributed by atoms with Crippen molar-refractivity contribution in [3.63, 3.8) is 0 Å². The number of rotatable bonds is 6. The molecule has 1 amide bonds. The second-order valence-corrected chi connectivity index (χ2v) is 15.1. The monoisotopic (exact) mass is 784 g/mol. The lowest BCUT2D eigenvalue weighted by Crippen LogP contribution is -2.46. The van der Waals surface area contributed by atoms with Gasteiger partial charge in [-0.25, -0.2) is 0 Å². The van der Waals surface area contributed by atoms with Crippen LogP contribution in [0.4, 0.5) is 5.69 Å². The van der Waals surface area contributed by atoms with E-state index in [9.17, 15) is 45.0 Å². The van der Waals surface area contributed by atoms with Gasteiger partial charge in [-0.15, -0.1) is 0 Å². The fraction of sp³-hybridized carbons (Fsp3) is 0.537. The molecule has 0 saturated heterocycles. The summed E-state index contributed by atoms with van der Waals surface area (Å²) in [4.78, 5) is 41.8. The number of ketones is 1. The van der Waals surface area contributed by atoms with Gasteiger partial charge in [0, 0.05) is 79.8 Å². The number of likely N-dealkylation sites (N-methyl/N-ethyl adjacent to an activating group) is 1. The predicted molar refractivity (Wildman–Crippen MR) is 207 cm³/mol. The maximum absolute atomic E-state index is 14.3. The zero-order valence-electron chi connectivity index (χ0n) is 33.6. The summed E-state index contributed by atoms with van der Waals surface area (Å²) >= 11 is 0. The molecular weight excluding hydrogens is 728 g/mol. The number of aromatic hydroxyl groups is 3. The number of benzene rings is 2. The number of phenolic OH excluding ortho intramolecular Hbond substituents is 3. The van der Waals surface area contributed by atoms with Crippen molar-refractivity contribution >= 4 is 34.1 Å². The van der Waals surface area contributed by atoms with E-state index in [1.54, 1.807) is 51.8 Å². The molecule has 15 heteroatoms. The number of fused-ring (bicyclic) bond motifs is 14. The minimum atomic E-state index is -2.04. The summed E-state index contributed by atoms with van der Waals surface area (Å²) in [5, 5.41) is 69.7. The second kappa shape index (κ2) is 17.6. The number of esters is 1. The van der Waals surface area contributed by atoms with Crippen LogP contribution in [0.2, 0.25) is 0 Å². The second-order valence-electron chi connectivity index (χ2n) is 15.1. The largest absolute Gasteiger partial charge is 0.507 e. The van der Waals surface area contributed by atoms with E-state index in [1.807, 2.05) is 0 Å². The first-order valence-electron chi connectivity index (χ1n) is 18.6. The number of ether oxygens (including phenoxy) is 4. The van der Waals surface area contributed by atoms with Gasteiger partial charge in [0.25, 0.3) is 11.7 Å². The molecule has 3 aliphatic rings. The number of carbonyl (C=O) groups excluding carboxylic acids is 3. The number of aliphatic hydroxyl groups is 3. The zero-order chi connectivity index (χ0) is 42.0. The van der Waals surface area contributed by atoms with Gasteiger partial charge in [0.15, 0.2) is 5.75 Å². The summed E-state index contributed by atoms with van der Waals surface area (Å²) in [6.45, 7) is 12.2. The molecule has 0 fully saturated rings. The lowest BCUT2D eigenvalue weighted by molar-refractivity contribution is -0.160. The van der Waals surface area contributed by atoms with E-state index in [-0.39, 0.29) is 64.2 Å². The van der Waals surface area contributed by atoms with E-state index in [0.29, 0.717) is 0 Å². The van der Waals surface area contributed by atoms with Crippen LogP contribution in [0.1, 0.15) is 70.0 Å². The van der Waals surface area contributed by atoms with E-state index in [1.165, 1.54) is 53.2 Å². The Morgan fingerprint density at radius 2 is 1.62 bits per heavy atom. The fourth-order valence-electron chi connectivity index (χ4n) is 7.46. The third-order valence-corrected chi connectivity index (χ3v) is 11.0. The maximum atomic E-state index is 14.3. The van der Waals surface area contributed by atoms with Crippen molar-refractivity contribution in [1.29, 1.82) is 0 Å². The molecule has 15 nitrogen and oxygen atoms in total. The molecule has 308 valence electrons. The van der Waals surface area contributed by atoms with Crippen LogP contribution >= 0.6 is 0 Å². The average Bonchev–Trinajstić information content (AvgIpc) is 3.41. The topological polar surface area (TPSA) is 225 Å². The Hall–Kier alpha value is -4.67. The van der Waals surface area contributed by atoms with Crippen LogP contribution in [-0.4, -0.2) is 111 Å². The minimum Gasteiger partial charge on any atom is -0.507 e. The van der Waals surface area contributed by atoms with Gasteiger partial charge < -0.3 is 54.9 Å². The molecule has 9 atom stereocenters. The number of phenols is 3. The first-order valence-corrected chi connectivity index (χ1v) is 18.6. The van der Waals surface area contributed by atoms with E-state index in [4.69, 9.17) is 18.9 Å². The summed E-state index contributed by atoms with van der Waals surface area (Å²) in [5.41, 5.74) is -0.211. The third-order valence-electron chi connectivity index (χ3n) is 11.0. The number of nitrogens with one attached hydrogen (secondary N) is 1. The number of amides is 1. The quantitative estimate of drug-likeness (QED) is 0.124. The molecule has 0 radical (unpaired) electrons. The van der Waals surface area contributed by atoms with Crippen molar-refractivity contribution in [2.75, 3.05) is 32.6 Å². The zero-order valence-corrected chi connectivity index (χ0v) is 33.6. The predicted octanol–water partition coefficient (Wildman–Crippen LogP) is 4.18. The Kier molecular flexibility index (Phi) is 13.9. The summed E-state index contributed by atoms with van der Waals surface area (Å²) < 4.78 is 23.5. The van der Waals surface area contributed by atoms with Gasteiger partial charge in [0.2, 0.25) is 0 Å². The van der Waals surface area contributed by atoms with Crippen LogP contribution in [-0.2, 0) is 30.3 Å². The van der Waals surface area contributed by atoms with Crippen LogP contribution in [0.15, 0.2) is 36.1 Å². The molecule has 5 bridgehead atoms. The Bertz CT molecular complexity index is 1920. The highest BCUT2D eigenvalue weighted by atomic mass is 16.7. The molecule has 5 rings (SSSR count). The van der Waals surface area contributed by atoms with Gasteiger partial charge in [-0.2, -0.15) is 0 Å². The number of nitrogens with zero attached hydrogens (tertiary/aromatic N) is 1. The normalized spacial score (nSPS) is 29.0. The number of hydrogen-bond donors (Lipinski definition) is 7. The highest BCUT2D eigenvalue weighted by molar-refractivity contribution is 6.22. The van der Waals surface area contributed by atoms with Crippen LogP contribution < -0.4 is 10.1 Å². The van der Waals surface area contributed by atoms with Crippen molar-refractivity contribution in [3.05, 3.63) is 52.8 Å². The van der Waals surface area contributed by atoms with Crippen molar-refractivity contribution in [2.24, 2.45) is 23.7 Å². The summed E-state index contributed by atoms with van der Waals surface area (Å²) in [7, 11) is 3.07. The van der Waals surface area contributed by atoms with Crippen molar-refractivity contribution < 1.29 is 64.0 Å². The van der Waals surface area contributed by atoms with E-state index in [0.717, 1.165) is 0 Å². The SMILES string of the molecule is CO[C@@H]1C=CO[C@@]2(C)Oc3c(C)c(O)c4c(O)c(c(CN(C)CCO)c(O)c4c3C2=O)NC(=O)C(C)=CC=C[C@H](C)[C@H](O)[C@H](C)[C@H](O)[C@H](C)[C@H](OC(C)=O)[C@@H]1C. The highest BCUT2D eigenvalue weighted by Gasteiger charge is 2.50. The lowest BCUT2D eigenvalue weighted by Gasteiger charge is -2.38. The number of methoxy groups -OCH3 is 1. The number of hydrogen-bond acceptors (Lipinski definition) is 14. The Labute approximate surface area is 326 Å². The summed E-state index contributed by atoms with van der Waals surface area (Å²) in [5.74, 6) is -8.34. The highest BCUT2D eigenvalue weighted by Crippen LogP contribution is 2.55. The lowest BCUT2D eigenvalue weighted by atomic mass is 9.78. The molecule has 2 aromatic carbocycles. The van der Waals surface area contributed by atoms with Gasteiger partial charge in [-0.1, -0.05) is 45.9 Å². The molecule has 0 saturated carbocycles. The first-order chi connectivity index (χ1) is 26.2. The van der Waals surface area contributed by atoms with E-state index < -0.39 is 88.8 Å². The number of allylic oxidation sites excluding steroid dienone is 2. The molecule has 3 heterocycles. The van der Waals surface area contributed by atoms with E-state index >= 15 is 0 Å². The average molecular weight is 785 g/mol. The number of Topliss-reactive ketones (excluding diaryl/α,β-unsaturated/α-hetero) is 1. The van der Waals surface area contributed by atoms with E-state index in [2.05, 4.69) is 5.32 Å². The van der Waals surface area contributed by atoms with Gasteiger partial charge in [-0.05, 0) is 27.0 Å². The number of anilines is 1. The Morgan fingerprint density at radius 1 is 0.964 bits per heavy atom. The smallest absolute Gasteiger partial charge is 0.312 e. The Balaban J connectivity index is 1.97. The maximum Gasteiger partial charge on any atom is 0.312 e. The van der Waals surface area contributed by atoms with Crippen molar-refractivity contribution in [1.82, 2.24) is 4.90 Å². The minimum absolute atomic E-state index is 0.0115. The van der Waals surface area contributed by atoms with Gasteiger partial charge in [0.05, 0.1) is 47.8 Å². The van der Waals surface area contributed by atoms with Crippen molar-refractivity contribution in [2.45, 2.75) is 92.1 Å². The summed E-state index contributed by atoms with van der Waals surface area (Å²) in [6.07, 6.45) is 3.50. The molecule has 56 heavy (non-hydrogen) atoms. The molecular formula is C41H56N2O13. The van der Waals surface area contributed by atoms with Gasteiger partial charge in [0.1, 0.15) is 23.4 Å². The molecule has 0 aliphatic carbocycles. The number of carbonyl (C=O) groups is 3. The van der Waals surface area contributed by atoms with Crippen LogP contribution in [0, 0.1) is 30.6 Å². The first kappa shape index (κ1) is 44.0. The standard InChI is InChI=1S/C41H56N2O13/c1-19-12-11-13-20(2)40(52)42-31-26(18-43(9)15-16-44)35(49)28-29(36(31)50)34(48)24(6)38-30(28)39(51)41(8,56-38)54-17-14-27(53-10)21(3)37(55-25(7)45)23(5)33(47)22(4)32(19)46/h11-14,17,19,21-23,27,32-33,37,44,46-50H,15-16,18H2,1-10H3,(H,42,52)/t19-,21+,22-,23-,27+,32-,33-,37+,41-/m0/s1. The third kappa shape index (κ3) is 8.51. The number of aliphatic hydroxyl groups excluding tert-OH is 3. The molecule has 2 aromatic rings. The molecule has 3 aliphatic heterocycles. The van der Waals surface area contributed by atoms with Gasteiger partial charge >= 0.3 is 11.8 Å². The fourth-order valence-corrected chi connectivity index (χ4v) is 7.46. The molecule has 0 unspecified atom stereocenters. The summed E-state index contributed by atoms with van der Waals surface area (Å²) in [6, 6.07) is 0. The molecule has 0 aromatic heterocycles. The van der Waals surface area contributed by atoms with Crippen LogP contribution in [0.25, 0.3) is 10.8 Å². The van der Waals surface area contributed by atoms with Crippen molar-refractivity contribution in [3.8, 4) is 23.0 Å². The van der Waals surface area contributed by atoms with Gasteiger partial charge in [-0.3, -0.25) is 19.3 Å². The molecule has 0 spiro atoms. The Morgan fingerprint density at radius 3 is 2.23 bits per heavy atom. The van der Waals surface area contributed by atoms with Crippen LogP contribution in [0.3, 0.4) is 0 Å². The van der Waals surface area contributed by atoms with Crippen LogP contribution in [0.5, 0.6) is 23.0 Å².